The maximum Gasteiger partial charge on any atom is 0.263 e. The van der Waals surface area contributed by atoms with Crippen molar-refractivity contribution in [2.75, 3.05) is 12.4 Å². The van der Waals surface area contributed by atoms with Gasteiger partial charge in [0.15, 0.2) is 10.8 Å². The van der Waals surface area contributed by atoms with Crippen LogP contribution in [0.15, 0.2) is 52.5 Å². The number of benzene rings is 1. The summed E-state index contributed by atoms with van der Waals surface area (Å²) in [6, 6.07) is 10.6. The first-order valence-corrected chi connectivity index (χ1v) is 11.5. The summed E-state index contributed by atoms with van der Waals surface area (Å²) < 4.78 is 7.33. The zero-order valence-electron chi connectivity index (χ0n) is 17.1. The van der Waals surface area contributed by atoms with E-state index in [2.05, 4.69) is 15.3 Å². The Morgan fingerprint density at radius 1 is 1.35 bits per heavy atom. The summed E-state index contributed by atoms with van der Waals surface area (Å²) in [7, 11) is 0. The monoisotopic (exact) mass is 458 g/mol. The molecule has 9 heteroatoms. The minimum atomic E-state index is -0.161. The normalized spacial score (nSPS) is 17.0. The topological polar surface area (TPSA) is 86.1 Å². The average molecular weight is 459 g/mol. The minimum Gasteiger partial charge on any atom is -0.376 e. The molecule has 162 valence electrons. The van der Waals surface area contributed by atoms with Crippen LogP contribution in [0.1, 0.15) is 31.4 Å². The van der Waals surface area contributed by atoms with Crippen LogP contribution in [0.3, 0.4) is 0 Å². The van der Waals surface area contributed by atoms with Gasteiger partial charge in [0.1, 0.15) is 0 Å². The van der Waals surface area contributed by atoms with Crippen molar-refractivity contribution in [2.24, 2.45) is 0 Å². The van der Waals surface area contributed by atoms with Crippen LogP contribution < -0.4 is 10.9 Å². The molecule has 1 saturated heterocycles. The van der Waals surface area contributed by atoms with E-state index in [0.717, 1.165) is 18.4 Å². The highest BCUT2D eigenvalue weighted by Crippen LogP contribution is 2.21. The number of nitrogens with zero attached hydrogens (tertiary/aromatic N) is 3. The SMILES string of the molecule is CC(NC(=O)CSc1nc2ncccc2c(=O)n1CC1CCCO1)c1ccc(Cl)cc1. The molecule has 1 fully saturated rings. The van der Waals surface area contributed by atoms with Gasteiger partial charge in [-0.2, -0.15) is 0 Å². The first kappa shape index (κ1) is 21.8. The van der Waals surface area contributed by atoms with E-state index in [1.807, 2.05) is 19.1 Å². The van der Waals surface area contributed by atoms with Crippen LogP contribution in [0.2, 0.25) is 5.02 Å². The molecule has 31 heavy (non-hydrogen) atoms. The number of ether oxygens (including phenoxy) is 1. The second-order valence-electron chi connectivity index (χ2n) is 7.45. The summed E-state index contributed by atoms with van der Waals surface area (Å²) in [5, 5.41) is 4.56. The maximum absolute atomic E-state index is 13.1. The van der Waals surface area contributed by atoms with Crippen LogP contribution in [0, 0.1) is 0 Å². The van der Waals surface area contributed by atoms with Crippen LogP contribution in [-0.2, 0) is 16.1 Å². The van der Waals surface area contributed by atoms with E-state index in [4.69, 9.17) is 16.3 Å². The fourth-order valence-corrected chi connectivity index (χ4v) is 4.48. The average Bonchev–Trinajstić information content (AvgIpc) is 3.28. The Hall–Kier alpha value is -2.42. The highest BCUT2D eigenvalue weighted by molar-refractivity contribution is 7.99. The largest absolute Gasteiger partial charge is 0.376 e. The molecule has 3 aromatic rings. The standard InChI is InChI=1S/C22H23ClN4O3S/c1-14(15-6-8-16(23)9-7-15)25-19(28)13-31-22-26-20-18(5-2-10-24-20)21(29)27(22)12-17-4-3-11-30-17/h2,5-10,14,17H,3-4,11-13H2,1H3,(H,25,28). The maximum atomic E-state index is 13.1. The number of amides is 1. The number of carbonyl (C=O) groups is 1. The van der Waals surface area contributed by atoms with E-state index >= 15 is 0 Å². The lowest BCUT2D eigenvalue weighted by molar-refractivity contribution is -0.119. The Morgan fingerprint density at radius 2 is 2.16 bits per heavy atom. The molecule has 3 heterocycles. The van der Waals surface area contributed by atoms with Gasteiger partial charge in [0, 0.05) is 17.8 Å². The van der Waals surface area contributed by atoms with Crippen LogP contribution >= 0.6 is 23.4 Å². The first-order chi connectivity index (χ1) is 15.0. The second-order valence-corrected chi connectivity index (χ2v) is 8.83. The zero-order chi connectivity index (χ0) is 21.8. The van der Waals surface area contributed by atoms with Crippen molar-refractivity contribution in [3.8, 4) is 0 Å². The van der Waals surface area contributed by atoms with Gasteiger partial charge in [-0.25, -0.2) is 9.97 Å². The van der Waals surface area contributed by atoms with Gasteiger partial charge in [-0.3, -0.25) is 14.2 Å². The van der Waals surface area contributed by atoms with Crippen molar-refractivity contribution in [3.63, 3.8) is 0 Å². The predicted molar refractivity (Wildman–Crippen MR) is 122 cm³/mol. The van der Waals surface area contributed by atoms with E-state index in [1.165, 1.54) is 11.8 Å². The second kappa shape index (κ2) is 9.80. The van der Waals surface area contributed by atoms with Crippen molar-refractivity contribution >= 4 is 40.3 Å². The molecule has 2 atom stereocenters. The summed E-state index contributed by atoms with van der Waals surface area (Å²) in [6.45, 7) is 3.04. The predicted octanol–water partition coefficient (Wildman–Crippen LogP) is 3.59. The molecule has 0 spiro atoms. The van der Waals surface area contributed by atoms with Crippen LogP contribution in [0.5, 0.6) is 0 Å². The molecule has 2 aromatic heterocycles. The van der Waals surface area contributed by atoms with Crippen molar-refractivity contribution < 1.29 is 9.53 Å². The highest BCUT2D eigenvalue weighted by Gasteiger charge is 2.21. The third kappa shape index (κ3) is 5.26. The number of aromatic nitrogens is 3. The summed E-state index contributed by atoms with van der Waals surface area (Å²) in [6.07, 6.45) is 3.47. The van der Waals surface area contributed by atoms with Crippen molar-refractivity contribution in [3.05, 3.63) is 63.5 Å². The summed E-state index contributed by atoms with van der Waals surface area (Å²) in [5.74, 6) is -0.0136. The van der Waals surface area contributed by atoms with Gasteiger partial charge in [-0.05, 0) is 49.6 Å². The molecule has 0 radical (unpaired) electrons. The van der Waals surface area contributed by atoms with Gasteiger partial charge < -0.3 is 10.1 Å². The van der Waals surface area contributed by atoms with E-state index in [-0.39, 0.29) is 29.4 Å². The molecule has 7 nitrogen and oxygen atoms in total. The fourth-order valence-electron chi connectivity index (χ4n) is 3.55. The van der Waals surface area contributed by atoms with Crippen molar-refractivity contribution in [1.82, 2.24) is 19.9 Å². The number of pyridine rings is 1. The van der Waals surface area contributed by atoms with Crippen LogP contribution in [-0.4, -0.2) is 38.9 Å². The lowest BCUT2D eigenvalue weighted by atomic mass is 10.1. The van der Waals surface area contributed by atoms with Gasteiger partial charge in [-0.15, -0.1) is 0 Å². The third-order valence-corrected chi connectivity index (χ3v) is 6.41. The molecular weight excluding hydrogens is 436 g/mol. The molecule has 0 saturated carbocycles. The van der Waals surface area contributed by atoms with E-state index in [9.17, 15) is 9.59 Å². The van der Waals surface area contributed by atoms with Gasteiger partial charge in [0.05, 0.1) is 29.8 Å². The number of carbonyl (C=O) groups excluding carboxylic acids is 1. The molecule has 1 amide bonds. The van der Waals surface area contributed by atoms with Gasteiger partial charge in [0.25, 0.3) is 5.56 Å². The summed E-state index contributed by atoms with van der Waals surface area (Å²) >= 11 is 7.16. The number of fused-ring (bicyclic) bond motifs is 1. The van der Waals surface area contributed by atoms with E-state index in [0.29, 0.717) is 34.4 Å². The Morgan fingerprint density at radius 3 is 2.90 bits per heavy atom. The Bertz CT molecular complexity index is 1130. The first-order valence-electron chi connectivity index (χ1n) is 10.2. The highest BCUT2D eigenvalue weighted by atomic mass is 35.5. The van der Waals surface area contributed by atoms with Crippen LogP contribution in [0.4, 0.5) is 0 Å². The van der Waals surface area contributed by atoms with Crippen LogP contribution in [0.25, 0.3) is 11.0 Å². The number of nitrogens with one attached hydrogen (secondary N) is 1. The van der Waals surface area contributed by atoms with Gasteiger partial charge >= 0.3 is 0 Å². The smallest absolute Gasteiger partial charge is 0.263 e. The van der Waals surface area contributed by atoms with Crippen molar-refractivity contribution in [2.45, 2.75) is 43.6 Å². The van der Waals surface area contributed by atoms with Gasteiger partial charge in [-0.1, -0.05) is 35.5 Å². The molecule has 0 bridgehead atoms. The quantitative estimate of drug-likeness (QED) is 0.430. The third-order valence-electron chi connectivity index (χ3n) is 5.18. The number of hydrogen-bond acceptors (Lipinski definition) is 6. The van der Waals surface area contributed by atoms with E-state index < -0.39 is 0 Å². The zero-order valence-corrected chi connectivity index (χ0v) is 18.7. The van der Waals surface area contributed by atoms with Gasteiger partial charge in [0.2, 0.25) is 5.91 Å². The Labute approximate surface area is 189 Å². The molecule has 1 aromatic carbocycles. The number of halogens is 1. The molecular formula is C22H23ClN4O3S. The minimum absolute atomic E-state index is 0.0216. The van der Waals surface area contributed by atoms with Crippen molar-refractivity contribution in [1.29, 1.82) is 0 Å². The molecule has 2 unspecified atom stereocenters. The Kier molecular flexibility index (Phi) is 6.89. The summed E-state index contributed by atoms with van der Waals surface area (Å²) in [5.41, 5.74) is 1.19. The Balaban J connectivity index is 1.50. The lowest BCUT2D eigenvalue weighted by Gasteiger charge is -2.17. The molecule has 0 aliphatic carbocycles. The molecule has 1 aliphatic rings. The number of rotatable bonds is 7. The molecule has 1 aliphatic heterocycles. The summed E-state index contributed by atoms with van der Waals surface area (Å²) in [4.78, 5) is 34.4. The molecule has 1 N–H and O–H groups in total. The number of thioether (sulfide) groups is 1. The lowest BCUT2D eigenvalue weighted by Crippen LogP contribution is -2.31. The molecule has 4 rings (SSSR count). The van der Waals surface area contributed by atoms with E-state index in [1.54, 1.807) is 35.0 Å². The fraction of sp³-hybridized carbons (Fsp3) is 0.364. The number of hydrogen-bond donors (Lipinski definition) is 1.